The van der Waals surface area contributed by atoms with E-state index in [0.29, 0.717) is 0 Å². The number of alkyl halides is 2. The van der Waals surface area contributed by atoms with Crippen LogP contribution in [0.5, 0.6) is 0 Å². The van der Waals surface area contributed by atoms with Crippen LogP contribution < -0.4 is 5.32 Å². The molecule has 0 aliphatic carbocycles. The Balaban J connectivity index is 2.20. The molecular formula is C8H15F2N. The summed E-state index contributed by atoms with van der Waals surface area (Å²) in [6, 6.07) is 0. The summed E-state index contributed by atoms with van der Waals surface area (Å²) < 4.78 is 23.8. The second-order valence-electron chi connectivity index (χ2n) is 3.19. The molecule has 0 bridgehead atoms. The number of hydrogen-bond acceptors (Lipinski definition) is 1. The van der Waals surface area contributed by atoms with Crippen molar-refractivity contribution in [3.63, 3.8) is 0 Å². The molecule has 1 nitrogen and oxygen atoms in total. The fraction of sp³-hybridized carbons (Fsp3) is 1.00. The Morgan fingerprint density at radius 3 is 2.91 bits per heavy atom. The lowest BCUT2D eigenvalue weighted by Gasteiger charge is -2.12. The summed E-state index contributed by atoms with van der Waals surface area (Å²) in [5.74, 6) is 0.206. The Hall–Kier alpha value is -0.180. The van der Waals surface area contributed by atoms with Crippen LogP contribution in [0.25, 0.3) is 0 Å². The Morgan fingerprint density at radius 1 is 1.36 bits per heavy atom. The first-order valence-electron chi connectivity index (χ1n) is 4.28. The van der Waals surface area contributed by atoms with E-state index in [4.69, 9.17) is 0 Å². The summed E-state index contributed by atoms with van der Waals surface area (Å²) in [4.78, 5) is 0. The van der Waals surface area contributed by atoms with Gasteiger partial charge in [0.15, 0.2) is 0 Å². The van der Waals surface area contributed by atoms with Crippen LogP contribution in [0, 0.1) is 5.92 Å². The topological polar surface area (TPSA) is 12.0 Å². The molecule has 1 fully saturated rings. The standard InChI is InChI=1S/C8H15F2N/c9-8(10)5-7-3-1-2-4-11-6-7/h7-8,11H,1-6H2. The summed E-state index contributed by atoms with van der Waals surface area (Å²) in [5, 5.41) is 3.17. The Labute approximate surface area is 66.2 Å². The van der Waals surface area contributed by atoms with Gasteiger partial charge in [0.25, 0.3) is 0 Å². The maximum Gasteiger partial charge on any atom is 0.238 e. The van der Waals surface area contributed by atoms with Gasteiger partial charge in [0.05, 0.1) is 0 Å². The Morgan fingerprint density at radius 2 is 2.18 bits per heavy atom. The van der Waals surface area contributed by atoms with Gasteiger partial charge < -0.3 is 5.32 Å². The molecule has 0 radical (unpaired) electrons. The monoisotopic (exact) mass is 163 g/mol. The van der Waals surface area contributed by atoms with E-state index in [1.54, 1.807) is 0 Å². The molecule has 1 unspecified atom stereocenters. The molecule has 1 rings (SSSR count). The smallest absolute Gasteiger partial charge is 0.238 e. The van der Waals surface area contributed by atoms with Crippen molar-refractivity contribution in [1.82, 2.24) is 5.32 Å². The molecule has 0 aromatic heterocycles. The van der Waals surface area contributed by atoms with E-state index in [1.165, 1.54) is 0 Å². The minimum atomic E-state index is -2.13. The van der Waals surface area contributed by atoms with Gasteiger partial charge in [-0.25, -0.2) is 8.78 Å². The first-order chi connectivity index (χ1) is 5.29. The fourth-order valence-corrected chi connectivity index (χ4v) is 1.54. The van der Waals surface area contributed by atoms with Gasteiger partial charge in [-0.2, -0.15) is 0 Å². The summed E-state index contributed by atoms with van der Waals surface area (Å²) in [6.07, 6.45) is 1.16. The van der Waals surface area contributed by atoms with Crippen LogP contribution in [0.3, 0.4) is 0 Å². The molecular weight excluding hydrogens is 148 g/mol. The molecule has 1 atom stereocenters. The third-order valence-electron chi connectivity index (χ3n) is 2.16. The average Bonchev–Trinajstić information content (AvgIpc) is 2.14. The molecule has 66 valence electrons. The van der Waals surface area contributed by atoms with Gasteiger partial charge in [0.2, 0.25) is 6.43 Å². The number of halogens is 2. The van der Waals surface area contributed by atoms with E-state index < -0.39 is 6.43 Å². The van der Waals surface area contributed by atoms with Gasteiger partial charge in [0.1, 0.15) is 0 Å². The lowest BCUT2D eigenvalue weighted by atomic mass is 10.0. The van der Waals surface area contributed by atoms with Gasteiger partial charge in [-0.3, -0.25) is 0 Å². The van der Waals surface area contributed by atoms with Crippen LogP contribution in [-0.4, -0.2) is 19.5 Å². The van der Waals surface area contributed by atoms with Gasteiger partial charge in [-0.15, -0.1) is 0 Å². The second-order valence-corrected chi connectivity index (χ2v) is 3.19. The highest BCUT2D eigenvalue weighted by Crippen LogP contribution is 2.18. The maximum atomic E-state index is 11.9. The summed E-state index contributed by atoms with van der Waals surface area (Å²) in [7, 11) is 0. The van der Waals surface area contributed by atoms with Crippen molar-refractivity contribution in [3.8, 4) is 0 Å². The zero-order chi connectivity index (χ0) is 8.10. The Bertz CT molecular complexity index is 98.3. The highest BCUT2D eigenvalue weighted by atomic mass is 19.3. The van der Waals surface area contributed by atoms with Crippen LogP contribution in [-0.2, 0) is 0 Å². The lowest BCUT2D eigenvalue weighted by Crippen LogP contribution is -2.21. The van der Waals surface area contributed by atoms with Crippen molar-refractivity contribution in [2.24, 2.45) is 5.92 Å². The number of nitrogens with one attached hydrogen (secondary N) is 1. The van der Waals surface area contributed by atoms with E-state index in [0.717, 1.165) is 32.4 Å². The van der Waals surface area contributed by atoms with Crippen LogP contribution in [0.4, 0.5) is 8.78 Å². The van der Waals surface area contributed by atoms with Crippen molar-refractivity contribution in [2.75, 3.05) is 13.1 Å². The van der Waals surface area contributed by atoms with Crippen LogP contribution in [0.2, 0.25) is 0 Å². The molecule has 1 aliphatic rings. The highest BCUT2D eigenvalue weighted by Gasteiger charge is 2.16. The van der Waals surface area contributed by atoms with Gasteiger partial charge in [0, 0.05) is 6.42 Å². The molecule has 1 aliphatic heterocycles. The van der Waals surface area contributed by atoms with Crippen LogP contribution in [0.1, 0.15) is 25.7 Å². The lowest BCUT2D eigenvalue weighted by molar-refractivity contribution is 0.113. The second kappa shape index (κ2) is 4.65. The summed E-state index contributed by atoms with van der Waals surface area (Å²) in [5.41, 5.74) is 0. The van der Waals surface area contributed by atoms with E-state index in [1.807, 2.05) is 0 Å². The minimum absolute atomic E-state index is 0.0764. The van der Waals surface area contributed by atoms with Gasteiger partial charge >= 0.3 is 0 Å². The van der Waals surface area contributed by atoms with Gasteiger partial charge in [-0.1, -0.05) is 6.42 Å². The number of hydrogen-bond donors (Lipinski definition) is 1. The average molecular weight is 163 g/mol. The zero-order valence-electron chi connectivity index (χ0n) is 6.65. The van der Waals surface area contributed by atoms with E-state index >= 15 is 0 Å². The summed E-state index contributed by atoms with van der Waals surface area (Å²) >= 11 is 0. The van der Waals surface area contributed by atoms with Crippen LogP contribution in [0.15, 0.2) is 0 Å². The molecule has 3 heteroatoms. The molecule has 1 heterocycles. The molecule has 0 amide bonds. The van der Waals surface area contributed by atoms with Crippen molar-refractivity contribution in [2.45, 2.75) is 32.1 Å². The van der Waals surface area contributed by atoms with Crippen molar-refractivity contribution >= 4 is 0 Å². The summed E-state index contributed by atoms with van der Waals surface area (Å²) in [6.45, 7) is 1.78. The molecule has 0 saturated carbocycles. The zero-order valence-corrected chi connectivity index (χ0v) is 6.65. The fourth-order valence-electron chi connectivity index (χ4n) is 1.54. The van der Waals surface area contributed by atoms with E-state index in [-0.39, 0.29) is 12.3 Å². The van der Waals surface area contributed by atoms with E-state index in [9.17, 15) is 8.78 Å². The number of rotatable bonds is 2. The molecule has 0 aromatic rings. The first kappa shape index (κ1) is 8.91. The molecule has 11 heavy (non-hydrogen) atoms. The van der Waals surface area contributed by atoms with E-state index in [2.05, 4.69) is 5.32 Å². The van der Waals surface area contributed by atoms with Crippen molar-refractivity contribution in [3.05, 3.63) is 0 Å². The van der Waals surface area contributed by atoms with Crippen LogP contribution >= 0.6 is 0 Å². The SMILES string of the molecule is FC(F)CC1CCCCNC1. The molecule has 1 N–H and O–H groups in total. The molecule has 0 spiro atoms. The third-order valence-corrected chi connectivity index (χ3v) is 2.16. The maximum absolute atomic E-state index is 11.9. The van der Waals surface area contributed by atoms with Crippen molar-refractivity contribution in [1.29, 1.82) is 0 Å². The molecule has 1 saturated heterocycles. The largest absolute Gasteiger partial charge is 0.316 e. The quantitative estimate of drug-likeness (QED) is 0.656. The molecule has 0 aromatic carbocycles. The Kier molecular flexibility index (Phi) is 3.77. The van der Waals surface area contributed by atoms with Crippen molar-refractivity contribution < 1.29 is 8.78 Å². The predicted molar refractivity (Wildman–Crippen MR) is 40.8 cm³/mol. The minimum Gasteiger partial charge on any atom is -0.316 e. The third kappa shape index (κ3) is 3.65. The predicted octanol–water partition coefficient (Wildman–Crippen LogP) is 2.03. The van der Waals surface area contributed by atoms with Gasteiger partial charge in [-0.05, 0) is 31.8 Å². The highest BCUT2D eigenvalue weighted by molar-refractivity contribution is 4.67. The normalized spacial score (nSPS) is 27.0. The first-order valence-corrected chi connectivity index (χ1v) is 4.28.